The van der Waals surface area contributed by atoms with Crippen molar-refractivity contribution in [3.8, 4) is 0 Å². The van der Waals surface area contributed by atoms with E-state index in [-0.39, 0.29) is 5.69 Å². The number of rotatable bonds is 2. The van der Waals surface area contributed by atoms with E-state index < -0.39 is 11.2 Å². The van der Waals surface area contributed by atoms with Gasteiger partial charge in [-0.25, -0.2) is 4.79 Å². The summed E-state index contributed by atoms with van der Waals surface area (Å²) >= 11 is 4.45. The molecule has 11 heavy (non-hydrogen) atoms. The Morgan fingerprint density at radius 2 is 2.27 bits per heavy atom. The number of aromatic amines is 2. The molecule has 0 spiro atoms. The van der Waals surface area contributed by atoms with Gasteiger partial charge in [-0.3, -0.25) is 9.78 Å². The molecule has 6 heteroatoms. The van der Waals surface area contributed by atoms with Crippen molar-refractivity contribution in [2.75, 3.05) is 5.32 Å². The van der Waals surface area contributed by atoms with Gasteiger partial charge < -0.3 is 10.3 Å². The van der Waals surface area contributed by atoms with E-state index >= 15 is 0 Å². The van der Waals surface area contributed by atoms with Gasteiger partial charge >= 0.3 is 5.69 Å². The highest BCUT2D eigenvalue weighted by atomic mass is 32.1. The third kappa shape index (κ3) is 1.74. The fraction of sp³-hybridized carbons (Fsp3) is 0. The average Bonchev–Trinajstić information content (AvgIpc) is 1.95. The van der Waals surface area contributed by atoms with Crippen molar-refractivity contribution in [3.05, 3.63) is 27.0 Å². The second-order valence-corrected chi connectivity index (χ2v) is 1.98. The molecule has 0 unspecified atom stereocenters. The van der Waals surface area contributed by atoms with Gasteiger partial charge in [-0.05, 0) is 0 Å². The molecule has 1 aromatic rings. The number of hydrogen-bond acceptors (Lipinski definition) is 3. The number of aromatic nitrogens is 2. The summed E-state index contributed by atoms with van der Waals surface area (Å²) in [6.45, 7) is 0. The molecule has 1 heterocycles. The lowest BCUT2D eigenvalue weighted by Crippen LogP contribution is -2.23. The Morgan fingerprint density at radius 3 is 2.82 bits per heavy atom. The maximum Gasteiger partial charge on any atom is 0.325 e. The van der Waals surface area contributed by atoms with Crippen LogP contribution >= 0.6 is 12.2 Å². The van der Waals surface area contributed by atoms with Crippen LogP contribution in [0.3, 0.4) is 0 Å². The number of nitrogens with one attached hydrogen (secondary N) is 3. The van der Waals surface area contributed by atoms with Gasteiger partial charge in [0.25, 0.3) is 5.56 Å². The Morgan fingerprint density at radius 1 is 1.55 bits per heavy atom. The molecular formula is C5H5N3O2S. The Kier molecular flexibility index (Phi) is 2.17. The normalized spacial score (nSPS) is 9.09. The van der Waals surface area contributed by atoms with Crippen LogP contribution in [-0.2, 0) is 0 Å². The summed E-state index contributed by atoms with van der Waals surface area (Å²) in [6.07, 6.45) is 1.25. The monoisotopic (exact) mass is 171 g/mol. The molecule has 0 atom stereocenters. The standard InChI is InChI=1S/C5H5N3O2S/c9-4-3(7-2-11)1-6-5(10)8-4/h1-2H,(H,7,11)(H2,6,8,9,10). The van der Waals surface area contributed by atoms with Gasteiger partial charge in [0.05, 0.1) is 5.49 Å². The summed E-state index contributed by atoms with van der Waals surface area (Å²) in [5.41, 5.74) is 0.377. The van der Waals surface area contributed by atoms with Crippen molar-refractivity contribution in [2.24, 2.45) is 0 Å². The van der Waals surface area contributed by atoms with E-state index in [9.17, 15) is 9.59 Å². The average molecular weight is 171 g/mol. The Hall–Kier alpha value is -1.43. The highest BCUT2D eigenvalue weighted by Crippen LogP contribution is 1.87. The summed E-state index contributed by atoms with van der Waals surface area (Å²) in [7, 11) is 0. The minimum atomic E-state index is -0.537. The molecule has 58 valence electrons. The van der Waals surface area contributed by atoms with Crippen LogP contribution in [-0.4, -0.2) is 15.5 Å². The molecule has 1 aromatic heterocycles. The molecule has 0 fully saturated rings. The maximum atomic E-state index is 10.8. The van der Waals surface area contributed by atoms with E-state index in [1.54, 1.807) is 0 Å². The molecule has 1 rings (SSSR count). The molecule has 0 aliphatic heterocycles. The smallest absolute Gasteiger partial charge is 0.325 e. The van der Waals surface area contributed by atoms with Crippen LogP contribution in [0.4, 0.5) is 5.69 Å². The Labute approximate surface area is 66.5 Å². The SMILES string of the molecule is O=c1[nH]cc(NC=S)c(=O)[nH]1. The zero-order valence-corrected chi connectivity index (χ0v) is 6.20. The van der Waals surface area contributed by atoms with E-state index in [2.05, 4.69) is 22.5 Å². The molecule has 0 saturated heterocycles. The fourth-order valence-corrected chi connectivity index (χ4v) is 0.707. The van der Waals surface area contributed by atoms with Crippen LogP contribution in [0.2, 0.25) is 0 Å². The van der Waals surface area contributed by atoms with Crippen molar-refractivity contribution in [2.45, 2.75) is 0 Å². The number of hydrogen-bond donors (Lipinski definition) is 3. The summed E-state index contributed by atoms with van der Waals surface area (Å²) in [5, 5.41) is 2.48. The largest absolute Gasteiger partial charge is 0.347 e. The van der Waals surface area contributed by atoms with Crippen LogP contribution in [0.15, 0.2) is 15.8 Å². The summed E-state index contributed by atoms with van der Waals surface area (Å²) in [6, 6.07) is 0. The first-order chi connectivity index (χ1) is 5.24. The lowest BCUT2D eigenvalue weighted by molar-refractivity contribution is 1.04. The lowest BCUT2D eigenvalue weighted by atomic mass is 10.5. The van der Waals surface area contributed by atoms with Crippen LogP contribution in [0.25, 0.3) is 0 Å². The minimum absolute atomic E-state index is 0.222. The number of thiocarbonyl (C=S) groups is 1. The van der Waals surface area contributed by atoms with Crippen molar-refractivity contribution < 1.29 is 0 Å². The Bertz CT molecular complexity index is 366. The quantitative estimate of drug-likeness (QED) is 0.521. The first-order valence-electron chi connectivity index (χ1n) is 2.76. The molecule has 3 N–H and O–H groups in total. The topological polar surface area (TPSA) is 77.8 Å². The summed E-state index contributed by atoms with van der Waals surface area (Å²) in [5.74, 6) is 0. The van der Waals surface area contributed by atoms with E-state index in [1.807, 2.05) is 4.98 Å². The molecule has 0 radical (unpaired) electrons. The van der Waals surface area contributed by atoms with Crippen molar-refractivity contribution in [1.29, 1.82) is 0 Å². The van der Waals surface area contributed by atoms with Crippen LogP contribution in [0.5, 0.6) is 0 Å². The van der Waals surface area contributed by atoms with Crippen molar-refractivity contribution in [3.63, 3.8) is 0 Å². The van der Waals surface area contributed by atoms with Crippen molar-refractivity contribution in [1.82, 2.24) is 9.97 Å². The van der Waals surface area contributed by atoms with Gasteiger partial charge in [0, 0.05) is 6.20 Å². The first kappa shape index (κ1) is 7.67. The highest BCUT2D eigenvalue weighted by Gasteiger charge is 1.94. The zero-order chi connectivity index (χ0) is 8.27. The van der Waals surface area contributed by atoms with Gasteiger partial charge in [-0.15, -0.1) is 0 Å². The molecule has 0 amide bonds. The molecule has 0 saturated carbocycles. The third-order valence-corrected chi connectivity index (χ3v) is 1.15. The van der Waals surface area contributed by atoms with Gasteiger partial charge in [-0.1, -0.05) is 12.2 Å². The fourth-order valence-electron chi connectivity index (χ4n) is 0.580. The second-order valence-electron chi connectivity index (χ2n) is 1.75. The Balaban J connectivity index is 3.19. The molecule has 0 bridgehead atoms. The molecule has 0 aromatic carbocycles. The van der Waals surface area contributed by atoms with E-state index in [1.165, 1.54) is 11.7 Å². The second kappa shape index (κ2) is 3.11. The molecule has 0 aliphatic carbocycles. The number of H-pyrrole nitrogens is 2. The predicted molar refractivity (Wildman–Crippen MR) is 45.0 cm³/mol. The van der Waals surface area contributed by atoms with Crippen LogP contribution in [0.1, 0.15) is 0 Å². The van der Waals surface area contributed by atoms with Crippen LogP contribution in [0, 0.1) is 0 Å². The van der Waals surface area contributed by atoms with Crippen LogP contribution < -0.4 is 16.6 Å². The molecular weight excluding hydrogens is 166 g/mol. The van der Waals surface area contributed by atoms with Gasteiger partial charge in [0.2, 0.25) is 0 Å². The summed E-state index contributed by atoms with van der Waals surface area (Å²) < 4.78 is 0. The maximum absolute atomic E-state index is 10.8. The van der Waals surface area contributed by atoms with E-state index in [4.69, 9.17) is 0 Å². The highest BCUT2D eigenvalue weighted by molar-refractivity contribution is 7.79. The predicted octanol–water partition coefficient (Wildman–Crippen LogP) is -0.568. The van der Waals surface area contributed by atoms with Crippen molar-refractivity contribution >= 4 is 23.4 Å². The minimum Gasteiger partial charge on any atom is -0.347 e. The van der Waals surface area contributed by atoms with Gasteiger partial charge in [-0.2, -0.15) is 0 Å². The third-order valence-electron chi connectivity index (χ3n) is 1.03. The van der Waals surface area contributed by atoms with E-state index in [0.717, 1.165) is 0 Å². The number of anilines is 1. The molecule has 5 nitrogen and oxygen atoms in total. The zero-order valence-electron chi connectivity index (χ0n) is 5.38. The van der Waals surface area contributed by atoms with Gasteiger partial charge in [0.15, 0.2) is 0 Å². The molecule has 0 aliphatic rings. The van der Waals surface area contributed by atoms with E-state index in [0.29, 0.717) is 0 Å². The summed E-state index contributed by atoms with van der Waals surface area (Å²) in [4.78, 5) is 25.6. The lowest BCUT2D eigenvalue weighted by Gasteiger charge is -1.93. The first-order valence-corrected chi connectivity index (χ1v) is 3.23. The van der Waals surface area contributed by atoms with Gasteiger partial charge in [0.1, 0.15) is 5.69 Å².